The van der Waals surface area contributed by atoms with Gasteiger partial charge in [-0.2, -0.15) is 15.2 Å². The van der Waals surface area contributed by atoms with Crippen LogP contribution in [0.3, 0.4) is 0 Å². The van der Waals surface area contributed by atoms with Crippen LogP contribution in [0, 0.1) is 6.92 Å². The summed E-state index contributed by atoms with van der Waals surface area (Å²) in [5.74, 6) is 1.17. The highest BCUT2D eigenvalue weighted by Crippen LogP contribution is 2.26. The topological polar surface area (TPSA) is 102 Å². The predicted octanol–water partition coefficient (Wildman–Crippen LogP) is 2.81. The zero-order valence-electron chi connectivity index (χ0n) is 13.3. The highest BCUT2D eigenvalue weighted by atomic mass is 16.3. The van der Waals surface area contributed by atoms with Crippen molar-refractivity contribution >= 4 is 11.9 Å². The second-order valence-corrected chi connectivity index (χ2v) is 5.37. The van der Waals surface area contributed by atoms with E-state index in [4.69, 9.17) is 4.42 Å². The van der Waals surface area contributed by atoms with Gasteiger partial charge in [-0.3, -0.25) is 10.1 Å². The van der Waals surface area contributed by atoms with Crippen molar-refractivity contribution in [2.75, 3.05) is 5.32 Å². The van der Waals surface area contributed by atoms with Crippen LogP contribution in [-0.2, 0) is 0 Å². The molecule has 4 rings (SSSR count). The molecule has 2 N–H and O–H groups in total. The van der Waals surface area contributed by atoms with Gasteiger partial charge in [-0.1, -0.05) is 18.2 Å². The lowest BCUT2D eigenvalue weighted by molar-refractivity contribution is 0.102. The molecule has 3 heterocycles. The van der Waals surface area contributed by atoms with E-state index in [2.05, 4.69) is 25.6 Å². The smallest absolute Gasteiger partial charge is 0.261 e. The van der Waals surface area contributed by atoms with Crippen molar-refractivity contribution in [2.24, 2.45) is 0 Å². The highest BCUT2D eigenvalue weighted by molar-refractivity contribution is 6.07. The predicted molar refractivity (Wildman–Crippen MR) is 90.3 cm³/mol. The number of rotatable bonds is 4. The number of carbonyl (C=O) groups is 1. The van der Waals surface area contributed by atoms with Gasteiger partial charge in [0.2, 0.25) is 5.95 Å². The standard InChI is InChI=1S/C17H14N6O2/c1-11-7-8-14(25-11)15-13(16(24)20-17-18-10-19-21-17)9-23(22-15)12-5-3-2-4-6-12/h2-10H,1H3,(H2,18,19,20,21,24). The van der Waals surface area contributed by atoms with Crippen molar-refractivity contribution in [3.8, 4) is 17.1 Å². The molecule has 0 bridgehead atoms. The van der Waals surface area contributed by atoms with E-state index in [9.17, 15) is 4.79 Å². The van der Waals surface area contributed by atoms with E-state index in [1.807, 2.05) is 43.3 Å². The number of hydrogen-bond acceptors (Lipinski definition) is 5. The summed E-state index contributed by atoms with van der Waals surface area (Å²) in [5, 5.41) is 13.5. The summed E-state index contributed by atoms with van der Waals surface area (Å²) < 4.78 is 7.29. The van der Waals surface area contributed by atoms with Crippen LogP contribution in [0.25, 0.3) is 17.1 Å². The monoisotopic (exact) mass is 334 g/mol. The van der Waals surface area contributed by atoms with E-state index < -0.39 is 0 Å². The molecule has 124 valence electrons. The third-order valence-electron chi connectivity index (χ3n) is 3.60. The van der Waals surface area contributed by atoms with Gasteiger partial charge < -0.3 is 4.42 Å². The van der Waals surface area contributed by atoms with Gasteiger partial charge in [-0.15, -0.1) is 0 Å². The molecule has 0 aliphatic carbocycles. The third-order valence-corrected chi connectivity index (χ3v) is 3.60. The number of aryl methyl sites for hydroxylation is 1. The number of hydrogen-bond donors (Lipinski definition) is 2. The van der Waals surface area contributed by atoms with Gasteiger partial charge in [0.1, 0.15) is 17.8 Å². The average molecular weight is 334 g/mol. The first-order chi connectivity index (χ1) is 12.2. The summed E-state index contributed by atoms with van der Waals surface area (Å²) in [5.41, 5.74) is 1.66. The Kier molecular flexibility index (Phi) is 3.62. The summed E-state index contributed by atoms with van der Waals surface area (Å²) in [4.78, 5) is 16.6. The van der Waals surface area contributed by atoms with Crippen molar-refractivity contribution in [3.05, 3.63) is 66.3 Å². The molecule has 1 aromatic carbocycles. The van der Waals surface area contributed by atoms with Gasteiger partial charge in [0.05, 0.1) is 11.3 Å². The number of carbonyl (C=O) groups excluding carboxylic acids is 1. The maximum absolute atomic E-state index is 12.7. The summed E-state index contributed by atoms with van der Waals surface area (Å²) >= 11 is 0. The number of aromatic amines is 1. The minimum atomic E-state index is -0.358. The van der Waals surface area contributed by atoms with Crippen LogP contribution in [0.1, 0.15) is 16.1 Å². The second-order valence-electron chi connectivity index (χ2n) is 5.37. The van der Waals surface area contributed by atoms with E-state index in [0.29, 0.717) is 17.0 Å². The van der Waals surface area contributed by atoms with E-state index in [1.165, 1.54) is 6.33 Å². The molecule has 1 amide bonds. The molecular weight excluding hydrogens is 320 g/mol. The Hall–Kier alpha value is -3.68. The molecule has 25 heavy (non-hydrogen) atoms. The minimum Gasteiger partial charge on any atom is -0.460 e. The van der Waals surface area contributed by atoms with Crippen LogP contribution >= 0.6 is 0 Å². The molecule has 0 radical (unpaired) electrons. The Morgan fingerprint density at radius 3 is 2.72 bits per heavy atom. The largest absolute Gasteiger partial charge is 0.460 e. The molecule has 0 fully saturated rings. The SMILES string of the molecule is Cc1ccc(-c2nn(-c3ccccc3)cc2C(=O)Nc2ncn[nH]2)o1. The van der Waals surface area contributed by atoms with Crippen molar-refractivity contribution in [2.45, 2.75) is 6.92 Å². The number of para-hydroxylation sites is 1. The third kappa shape index (κ3) is 2.92. The summed E-state index contributed by atoms with van der Waals surface area (Å²) in [6, 6.07) is 13.2. The Morgan fingerprint density at radius 1 is 1.20 bits per heavy atom. The zero-order chi connectivity index (χ0) is 17.2. The van der Waals surface area contributed by atoms with Gasteiger partial charge in [0, 0.05) is 6.20 Å². The lowest BCUT2D eigenvalue weighted by Gasteiger charge is -2.00. The maximum Gasteiger partial charge on any atom is 0.261 e. The Balaban J connectivity index is 1.78. The number of H-pyrrole nitrogens is 1. The molecule has 0 spiro atoms. The van der Waals surface area contributed by atoms with Crippen LogP contribution in [0.2, 0.25) is 0 Å². The molecule has 0 saturated carbocycles. The molecule has 8 heteroatoms. The van der Waals surface area contributed by atoms with Crippen molar-refractivity contribution in [1.82, 2.24) is 25.0 Å². The fraction of sp³-hybridized carbons (Fsp3) is 0.0588. The Bertz CT molecular complexity index is 1000. The normalized spacial score (nSPS) is 10.8. The molecular formula is C17H14N6O2. The minimum absolute atomic E-state index is 0.263. The number of furan rings is 1. The Morgan fingerprint density at radius 2 is 2.04 bits per heavy atom. The Labute approximate surface area is 142 Å². The maximum atomic E-state index is 12.7. The van der Waals surface area contributed by atoms with Crippen molar-refractivity contribution in [3.63, 3.8) is 0 Å². The molecule has 3 aromatic heterocycles. The average Bonchev–Trinajstić information content (AvgIpc) is 3.35. The molecule has 0 unspecified atom stereocenters. The lowest BCUT2D eigenvalue weighted by atomic mass is 10.2. The summed E-state index contributed by atoms with van der Waals surface area (Å²) in [6.45, 7) is 1.84. The first-order valence-corrected chi connectivity index (χ1v) is 7.59. The first kappa shape index (κ1) is 14.9. The number of aromatic nitrogens is 5. The number of nitrogens with zero attached hydrogens (tertiary/aromatic N) is 4. The fourth-order valence-electron chi connectivity index (χ4n) is 2.44. The van der Waals surface area contributed by atoms with Crippen LogP contribution in [0.15, 0.2) is 59.4 Å². The molecule has 0 atom stereocenters. The lowest BCUT2D eigenvalue weighted by Crippen LogP contribution is -2.13. The number of amides is 1. The first-order valence-electron chi connectivity index (χ1n) is 7.59. The van der Waals surface area contributed by atoms with Crippen LogP contribution in [0.5, 0.6) is 0 Å². The van der Waals surface area contributed by atoms with Gasteiger partial charge in [0.15, 0.2) is 5.76 Å². The molecule has 8 nitrogen and oxygen atoms in total. The van der Waals surface area contributed by atoms with Crippen molar-refractivity contribution in [1.29, 1.82) is 0 Å². The second kappa shape index (κ2) is 6.08. The molecule has 4 aromatic rings. The zero-order valence-corrected chi connectivity index (χ0v) is 13.3. The van der Waals surface area contributed by atoms with Crippen LogP contribution in [0.4, 0.5) is 5.95 Å². The van der Waals surface area contributed by atoms with E-state index in [1.54, 1.807) is 16.9 Å². The van der Waals surface area contributed by atoms with Gasteiger partial charge in [0.25, 0.3) is 5.91 Å². The van der Waals surface area contributed by atoms with Crippen LogP contribution < -0.4 is 5.32 Å². The van der Waals surface area contributed by atoms with Gasteiger partial charge >= 0.3 is 0 Å². The quantitative estimate of drug-likeness (QED) is 0.597. The molecule has 0 saturated heterocycles. The van der Waals surface area contributed by atoms with E-state index in [0.717, 1.165) is 11.4 Å². The summed E-state index contributed by atoms with van der Waals surface area (Å²) in [6.07, 6.45) is 2.98. The van der Waals surface area contributed by atoms with Gasteiger partial charge in [-0.05, 0) is 31.2 Å². The number of nitrogens with one attached hydrogen (secondary N) is 2. The van der Waals surface area contributed by atoms with Crippen molar-refractivity contribution < 1.29 is 9.21 Å². The number of anilines is 1. The molecule has 0 aliphatic rings. The van der Waals surface area contributed by atoms with Gasteiger partial charge in [-0.25, -0.2) is 9.78 Å². The highest BCUT2D eigenvalue weighted by Gasteiger charge is 2.21. The fourth-order valence-corrected chi connectivity index (χ4v) is 2.44. The van der Waals surface area contributed by atoms with E-state index >= 15 is 0 Å². The van der Waals surface area contributed by atoms with E-state index in [-0.39, 0.29) is 11.9 Å². The molecule has 0 aliphatic heterocycles. The summed E-state index contributed by atoms with van der Waals surface area (Å²) in [7, 11) is 0. The number of benzene rings is 1. The van der Waals surface area contributed by atoms with Crippen LogP contribution in [-0.4, -0.2) is 30.9 Å².